The molecule has 6 nitrogen and oxygen atoms in total. The molecule has 2 amide bonds. The van der Waals surface area contributed by atoms with Gasteiger partial charge >= 0.3 is 0 Å². The molecule has 27 heavy (non-hydrogen) atoms. The van der Waals surface area contributed by atoms with E-state index in [0.29, 0.717) is 24.5 Å². The van der Waals surface area contributed by atoms with Gasteiger partial charge in [-0.25, -0.2) is 0 Å². The van der Waals surface area contributed by atoms with Crippen LogP contribution in [-0.4, -0.2) is 49.8 Å². The van der Waals surface area contributed by atoms with Crippen molar-refractivity contribution in [1.82, 2.24) is 4.90 Å². The van der Waals surface area contributed by atoms with E-state index < -0.39 is 0 Å². The fraction of sp³-hybridized carbons (Fsp3) is 0.300. The van der Waals surface area contributed by atoms with Gasteiger partial charge in [0.1, 0.15) is 0 Å². The van der Waals surface area contributed by atoms with Crippen LogP contribution in [-0.2, 0) is 4.79 Å². The van der Waals surface area contributed by atoms with E-state index in [2.05, 4.69) is 5.32 Å². The van der Waals surface area contributed by atoms with Crippen molar-refractivity contribution in [3.8, 4) is 11.5 Å². The zero-order valence-electron chi connectivity index (χ0n) is 15.4. The van der Waals surface area contributed by atoms with Crippen LogP contribution < -0.4 is 14.8 Å². The molecule has 1 aliphatic heterocycles. The van der Waals surface area contributed by atoms with Crippen LogP contribution in [0, 0.1) is 0 Å². The summed E-state index contributed by atoms with van der Waals surface area (Å²) in [7, 11) is 3.41. The minimum atomic E-state index is -0.112. The number of thioether (sulfide) groups is 1. The van der Waals surface area contributed by atoms with Gasteiger partial charge in [-0.05, 0) is 42.5 Å². The summed E-state index contributed by atoms with van der Waals surface area (Å²) in [6, 6.07) is 12.6. The zero-order chi connectivity index (χ0) is 19.2. The minimum absolute atomic E-state index is 0.0714. The summed E-state index contributed by atoms with van der Waals surface area (Å²) >= 11 is 1.43. The number of rotatable bonds is 5. The lowest BCUT2D eigenvalue weighted by Gasteiger charge is -2.11. The van der Waals surface area contributed by atoms with Gasteiger partial charge in [0.15, 0.2) is 11.5 Å². The Morgan fingerprint density at radius 2 is 1.74 bits per heavy atom. The number of anilines is 1. The molecule has 0 aliphatic carbocycles. The summed E-state index contributed by atoms with van der Waals surface area (Å²) in [5.74, 6) is 1.56. The maximum Gasteiger partial charge on any atom is 0.253 e. The first-order valence-corrected chi connectivity index (χ1v) is 9.65. The van der Waals surface area contributed by atoms with Crippen LogP contribution >= 0.6 is 11.8 Å². The van der Waals surface area contributed by atoms with E-state index in [-0.39, 0.29) is 17.6 Å². The van der Waals surface area contributed by atoms with Crippen molar-refractivity contribution in [3.05, 3.63) is 48.0 Å². The number of amides is 2. The average molecular weight is 386 g/mol. The highest BCUT2D eigenvalue weighted by Crippen LogP contribution is 2.33. The normalized spacial score (nSPS) is 12.8. The van der Waals surface area contributed by atoms with E-state index in [1.807, 2.05) is 18.2 Å². The second-order valence-corrected chi connectivity index (χ2v) is 7.32. The summed E-state index contributed by atoms with van der Waals surface area (Å²) in [6.07, 6.45) is 0.860. The number of benzene rings is 2. The molecule has 1 aliphatic rings. The Hall–Kier alpha value is -2.67. The fourth-order valence-corrected chi connectivity index (χ4v) is 3.26. The molecule has 0 unspecified atom stereocenters. The molecule has 142 valence electrons. The second-order valence-electron chi connectivity index (χ2n) is 6.27. The number of hydrogen-bond acceptors (Lipinski definition) is 5. The summed E-state index contributed by atoms with van der Waals surface area (Å²) in [5, 5.41) is 2.84. The summed E-state index contributed by atoms with van der Waals surface area (Å²) in [5.41, 5.74) is 1.24. The van der Waals surface area contributed by atoms with Crippen molar-refractivity contribution in [3.63, 3.8) is 0 Å². The molecule has 0 aromatic heterocycles. The second kappa shape index (κ2) is 8.81. The molecule has 3 rings (SSSR count). The maximum atomic E-state index is 12.2. The lowest BCUT2D eigenvalue weighted by molar-refractivity contribution is -0.113. The molecule has 0 bridgehead atoms. The van der Waals surface area contributed by atoms with E-state index >= 15 is 0 Å². The van der Waals surface area contributed by atoms with Gasteiger partial charge in [-0.15, -0.1) is 11.8 Å². The van der Waals surface area contributed by atoms with Gasteiger partial charge in [-0.3, -0.25) is 9.59 Å². The number of ether oxygens (including phenoxy) is 2. The first-order valence-electron chi connectivity index (χ1n) is 8.67. The summed E-state index contributed by atoms with van der Waals surface area (Å²) in [6.45, 7) is 1.29. The van der Waals surface area contributed by atoms with Gasteiger partial charge in [-0.1, -0.05) is 0 Å². The van der Waals surface area contributed by atoms with E-state index in [0.717, 1.165) is 22.8 Å². The predicted octanol–water partition coefficient (Wildman–Crippen LogP) is 3.28. The number of fused-ring (bicyclic) bond motifs is 1. The molecule has 1 heterocycles. The highest BCUT2D eigenvalue weighted by Gasteiger charge is 2.12. The molecule has 1 N–H and O–H groups in total. The Balaban J connectivity index is 1.54. The molecule has 0 saturated carbocycles. The van der Waals surface area contributed by atoms with Crippen LogP contribution in [0.25, 0.3) is 0 Å². The van der Waals surface area contributed by atoms with Crippen molar-refractivity contribution in [2.75, 3.05) is 38.4 Å². The molecule has 0 atom stereocenters. The van der Waals surface area contributed by atoms with Gasteiger partial charge in [0, 0.05) is 36.7 Å². The van der Waals surface area contributed by atoms with Crippen molar-refractivity contribution < 1.29 is 19.1 Å². The van der Waals surface area contributed by atoms with E-state index in [4.69, 9.17) is 9.47 Å². The van der Waals surface area contributed by atoms with Gasteiger partial charge in [0.25, 0.3) is 5.91 Å². The first-order chi connectivity index (χ1) is 13.0. The molecule has 7 heteroatoms. The van der Waals surface area contributed by atoms with Crippen LogP contribution in [0.5, 0.6) is 11.5 Å². The molecule has 0 saturated heterocycles. The zero-order valence-corrected chi connectivity index (χ0v) is 16.2. The average Bonchev–Trinajstić information content (AvgIpc) is 2.91. The minimum Gasteiger partial charge on any atom is -0.490 e. The van der Waals surface area contributed by atoms with Crippen LogP contribution in [0.4, 0.5) is 5.69 Å². The first kappa shape index (κ1) is 19.1. The van der Waals surface area contributed by atoms with Crippen LogP contribution in [0.1, 0.15) is 16.8 Å². The quantitative estimate of drug-likeness (QED) is 0.799. The third-order valence-corrected chi connectivity index (χ3v) is 4.90. The third kappa shape index (κ3) is 5.17. The number of carbonyl (C=O) groups is 2. The lowest BCUT2D eigenvalue weighted by Crippen LogP contribution is -2.21. The number of nitrogens with one attached hydrogen (secondary N) is 1. The summed E-state index contributed by atoms with van der Waals surface area (Å²) in [4.78, 5) is 26.5. The maximum absolute atomic E-state index is 12.2. The predicted molar refractivity (Wildman–Crippen MR) is 106 cm³/mol. The lowest BCUT2D eigenvalue weighted by atomic mass is 10.2. The third-order valence-electron chi connectivity index (χ3n) is 3.91. The smallest absolute Gasteiger partial charge is 0.253 e. The number of hydrogen-bond donors (Lipinski definition) is 1. The molecule has 2 aromatic carbocycles. The molecule has 2 aromatic rings. The van der Waals surface area contributed by atoms with Crippen LogP contribution in [0.3, 0.4) is 0 Å². The highest BCUT2D eigenvalue weighted by molar-refractivity contribution is 8.00. The Morgan fingerprint density at radius 3 is 2.44 bits per heavy atom. The monoisotopic (exact) mass is 386 g/mol. The Labute approximate surface area is 162 Å². The van der Waals surface area contributed by atoms with Gasteiger partial charge in [0.05, 0.1) is 19.0 Å². The van der Waals surface area contributed by atoms with E-state index in [9.17, 15) is 9.59 Å². The fourth-order valence-electron chi connectivity index (χ4n) is 2.53. The van der Waals surface area contributed by atoms with E-state index in [1.165, 1.54) is 16.7 Å². The number of carbonyl (C=O) groups excluding carboxylic acids is 2. The van der Waals surface area contributed by atoms with Crippen molar-refractivity contribution in [2.45, 2.75) is 11.3 Å². The van der Waals surface area contributed by atoms with Gasteiger partial charge < -0.3 is 19.7 Å². The Morgan fingerprint density at radius 1 is 1.04 bits per heavy atom. The highest BCUT2D eigenvalue weighted by atomic mass is 32.2. The van der Waals surface area contributed by atoms with Crippen LogP contribution in [0.2, 0.25) is 0 Å². The van der Waals surface area contributed by atoms with Gasteiger partial charge in [0.2, 0.25) is 5.91 Å². The Kier molecular flexibility index (Phi) is 6.24. The summed E-state index contributed by atoms with van der Waals surface area (Å²) < 4.78 is 11.3. The topological polar surface area (TPSA) is 67.9 Å². The Bertz CT molecular complexity index is 821. The van der Waals surface area contributed by atoms with Crippen molar-refractivity contribution in [1.29, 1.82) is 0 Å². The molecular formula is C20H22N2O4S. The molecule has 0 radical (unpaired) electrons. The van der Waals surface area contributed by atoms with Crippen molar-refractivity contribution >= 4 is 29.3 Å². The standard InChI is InChI=1S/C20H22N2O4S/c1-22(2)20(24)14-4-6-15(7-5-14)21-19(23)13-27-16-8-9-17-18(12-16)26-11-3-10-25-17/h4-9,12H,3,10-11,13H2,1-2H3,(H,21,23). The largest absolute Gasteiger partial charge is 0.490 e. The molecule has 0 fully saturated rings. The molecular weight excluding hydrogens is 364 g/mol. The van der Waals surface area contributed by atoms with Gasteiger partial charge in [-0.2, -0.15) is 0 Å². The number of nitrogens with zero attached hydrogens (tertiary/aromatic N) is 1. The molecule has 0 spiro atoms. The van der Waals surface area contributed by atoms with E-state index in [1.54, 1.807) is 38.4 Å². The van der Waals surface area contributed by atoms with Crippen molar-refractivity contribution in [2.24, 2.45) is 0 Å². The SMILES string of the molecule is CN(C)C(=O)c1ccc(NC(=O)CSc2ccc3c(c2)OCCCO3)cc1. The van der Waals surface area contributed by atoms with Crippen LogP contribution in [0.15, 0.2) is 47.4 Å².